The average Bonchev–Trinajstić information content (AvgIpc) is 2.80. The molecule has 180 valence electrons. The molecule has 0 radical (unpaired) electrons. The number of hydrogen-bond acceptors (Lipinski definition) is 4. The Balaban J connectivity index is 1.63. The fourth-order valence-corrected chi connectivity index (χ4v) is 3.95. The lowest BCUT2D eigenvalue weighted by molar-refractivity contribution is -0.137. The Kier molecular flexibility index (Phi) is 7.83. The first kappa shape index (κ1) is 25.1. The Bertz CT molecular complexity index is 1210. The Morgan fingerprint density at radius 2 is 1.59 bits per heavy atom. The van der Waals surface area contributed by atoms with Crippen molar-refractivity contribution in [2.24, 2.45) is 0 Å². The van der Waals surface area contributed by atoms with Crippen LogP contribution in [-0.4, -0.2) is 27.1 Å². The molecule has 0 bridgehead atoms. The first-order valence-electron chi connectivity index (χ1n) is 10.2. The van der Waals surface area contributed by atoms with Gasteiger partial charge >= 0.3 is 6.18 Å². The summed E-state index contributed by atoms with van der Waals surface area (Å²) >= 11 is 0. The standard InChI is InChI=1S/C24H23F3N2O4S/c1-34(31,32)29(16-23(30)28-15-19-8-5-9-20(14-19)24(25,26)27)21-10-12-22(13-11-21)33-17-18-6-3-2-4-7-18/h2-14H,15-17H2,1H3,(H,28,30). The number of alkyl halides is 3. The number of benzene rings is 3. The molecule has 0 unspecified atom stereocenters. The zero-order valence-corrected chi connectivity index (χ0v) is 19.1. The van der Waals surface area contributed by atoms with Crippen molar-refractivity contribution < 1.29 is 31.1 Å². The van der Waals surface area contributed by atoms with E-state index in [4.69, 9.17) is 4.74 Å². The quantitative estimate of drug-likeness (QED) is 0.482. The van der Waals surface area contributed by atoms with Crippen LogP contribution in [0.2, 0.25) is 0 Å². The number of amides is 1. The van der Waals surface area contributed by atoms with Crippen LogP contribution in [0, 0.1) is 0 Å². The summed E-state index contributed by atoms with van der Waals surface area (Å²) in [5, 5.41) is 2.46. The number of anilines is 1. The third-order valence-electron chi connectivity index (χ3n) is 4.80. The lowest BCUT2D eigenvalue weighted by Gasteiger charge is -2.22. The molecule has 34 heavy (non-hydrogen) atoms. The van der Waals surface area contributed by atoms with Gasteiger partial charge in [-0.3, -0.25) is 9.10 Å². The maximum absolute atomic E-state index is 12.9. The van der Waals surface area contributed by atoms with E-state index in [1.807, 2.05) is 30.3 Å². The second-order valence-corrected chi connectivity index (χ2v) is 9.42. The van der Waals surface area contributed by atoms with Crippen LogP contribution in [0.4, 0.5) is 18.9 Å². The van der Waals surface area contributed by atoms with Gasteiger partial charge in [0.25, 0.3) is 0 Å². The third kappa shape index (κ3) is 7.24. The van der Waals surface area contributed by atoms with Gasteiger partial charge in [0.1, 0.15) is 18.9 Å². The van der Waals surface area contributed by atoms with Crippen LogP contribution in [0.3, 0.4) is 0 Å². The predicted octanol–water partition coefficient (Wildman–Crippen LogP) is 4.37. The fraction of sp³-hybridized carbons (Fsp3) is 0.208. The Morgan fingerprint density at radius 3 is 2.21 bits per heavy atom. The molecular formula is C24H23F3N2O4S. The topological polar surface area (TPSA) is 75.7 Å². The lowest BCUT2D eigenvalue weighted by Crippen LogP contribution is -2.40. The highest BCUT2D eigenvalue weighted by Gasteiger charge is 2.30. The van der Waals surface area contributed by atoms with E-state index in [0.29, 0.717) is 12.4 Å². The summed E-state index contributed by atoms with van der Waals surface area (Å²) in [5.41, 5.74) is 0.645. The van der Waals surface area contributed by atoms with E-state index in [9.17, 15) is 26.4 Å². The second-order valence-electron chi connectivity index (χ2n) is 7.51. The van der Waals surface area contributed by atoms with Gasteiger partial charge in [0.15, 0.2) is 0 Å². The first-order valence-corrected chi connectivity index (χ1v) is 12.0. The van der Waals surface area contributed by atoms with Crippen LogP contribution in [0.25, 0.3) is 0 Å². The minimum atomic E-state index is -4.50. The average molecular weight is 493 g/mol. The minimum Gasteiger partial charge on any atom is -0.489 e. The number of ether oxygens (including phenoxy) is 1. The summed E-state index contributed by atoms with van der Waals surface area (Å²) in [7, 11) is -3.81. The highest BCUT2D eigenvalue weighted by Crippen LogP contribution is 2.29. The van der Waals surface area contributed by atoms with Crippen molar-refractivity contribution in [2.75, 3.05) is 17.1 Å². The molecule has 0 heterocycles. The van der Waals surface area contributed by atoms with E-state index in [1.165, 1.54) is 24.3 Å². The molecule has 3 aromatic carbocycles. The molecule has 0 fully saturated rings. The molecule has 0 saturated carbocycles. The van der Waals surface area contributed by atoms with Gasteiger partial charge in [-0.05, 0) is 47.5 Å². The molecule has 0 aliphatic heterocycles. The summed E-state index contributed by atoms with van der Waals surface area (Å²) in [6, 6.07) is 20.3. The molecule has 1 N–H and O–H groups in total. The molecule has 3 aromatic rings. The Hall–Kier alpha value is -3.53. The molecule has 0 aromatic heterocycles. The highest BCUT2D eigenvalue weighted by atomic mass is 32.2. The normalized spacial score (nSPS) is 11.6. The molecular weight excluding hydrogens is 469 g/mol. The molecule has 10 heteroatoms. The van der Waals surface area contributed by atoms with Gasteiger partial charge in [-0.2, -0.15) is 13.2 Å². The highest BCUT2D eigenvalue weighted by molar-refractivity contribution is 7.92. The molecule has 0 aliphatic carbocycles. The molecule has 3 rings (SSSR count). The van der Waals surface area contributed by atoms with Crippen molar-refractivity contribution in [3.63, 3.8) is 0 Å². The van der Waals surface area contributed by atoms with Gasteiger partial charge in [0.2, 0.25) is 15.9 Å². The minimum absolute atomic E-state index is 0.174. The molecule has 0 spiro atoms. The lowest BCUT2D eigenvalue weighted by atomic mass is 10.1. The van der Waals surface area contributed by atoms with Crippen molar-refractivity contribution in [1.29, 1.82) is 0 Å². The number of nitrogens with zero attached hydrogens (tertiary/aromatic N) is 1. The van der Waals surface area contributed by atoms with Gasteiger partial charge in [-0.1, -0.05) is 42.5 Å². The zero-order valence-electron chi connectivity index (χ0n) is 18.2. The van der Waals surface area contributed by atoms with Crippen molar-refractivity contribution in [2.45, 2.75) is 19.3 Å². The smallest absolute Gasteiger partial charge is 0.416 e. The maximum Gasteiger partial charge on any atom is 0.416 e. The fourth-order valence-electron chi connectivity index (χ4n) is 3.09. The van der Waals surface area contributed by atoms with E-state index in [-0.39, 0.29) is 17.8 Å². The molecule has 0 aliphatic rings. The number of halogens is 3. The second kappa shape index (κ2) is 10.6. The maximum atomic E-state index is 12.9. The molecule has 0 saturated heterocycles. The van der Waals surface area contributed by atoms with Crippen LogP contribution in [0.15, 0.2) is 78.9 Å². The number of carbonyl (C=O) groups excluding carboxylic acids is 1. The number of hydrogen-bond donors (Lipinski definition) is 1. The van der Waals surface area contributed by atoms with E-state index in [2.05, 4.69) is 5.32 Å². The SMILES string of the molecule is CS(=O)(=O)N(CC(=O)NCc1cccc(C(F)(F)F)c1)c1ccc(OCc2ccccc2)cc1. The largest absolute Gasteiger partial charge is 0.489 e. The molecule has 1 amide bonds. The molecule has 6 nitrogen and oxygen atoms in total. The Morgan fingerprint density at radius 1 is 0.941 bits per heavy atom. The van der Waals surface area contributed by atoms with Crippen LogP contribution >= 0.6 is 0 Å². The van der Waals surface area contributed by atoms with Gasteiger partial charge in [-0.15, -0.1) is 0 Å². The summed E-state index contributed by atoms with van der Waals surface area (Å²) < 4.78 is 69.7. The van der Waals surface area contributed by atoms with E-state index in [0.717, 1.165) is 28.3 Å². The Labute approximate surface area is 196 Å². The zero-order chi connectivity index (χ0) is 24.8. The van der Waals surface area contributed by atoms with Gasteiger partial charge in [0.05, 0.1) is 17.5 Å². The summed E-state index contributed by atoms with van der Waals surface area (Å²) in [6.45, 7) is -0.359. The van der Waals surface area contributed by atoms with Crippen molar-refractivity contribution >= 4 is 21.6 Å². The van der Waals surface area contributed by atoms with Crippen LogP contribution in [-0.2, 0) is 34.1 Å². The van der Waals surface area contributed by atoms with Crippen molar-refractivity contribution in [1.82, 2.24) is 5.32 Å². The van der Waals surface area contributed by atoms with Gasteiger partial charge in [0, 0.05) is 6.54 Å². The molecule has 0 atom stereocenters. The van der Waals surface area contributed by atoms with Gasteiger partial charge < -0.3 is 10.1 Å². The number of carbonyl (C=O) groups is 1. The van der Waals surface area contributed by atoms with Crippen LogP contribution in [0.1, 0.15) is 16.7 Å². The van der Waals surface area contributed by atoms with Crippen molar-refractivity contribution in [3.05, 3.63) is 95.6 Å². The van der Waals surface area contributed by atoms with Crippen molar-refractivity contribution in [3.8, 4) is 5.75 Å². The number of rotatable bonds is 9. The van der Waals surface area contributed by atoms with Crippen LogP contribution < -0.4 is 14.4 Å². The third-order valence-corrected chi connectivity index (χ3v) is 5.95. The first-order chi connectivity index (χ1) is 16.0. The van der Waals surface area contributed by atoms with E-state index in [1.54, 1.807) is 12.1 Å². The van der Waals surface area contributed by atoms with E-state index >= 15 is 0 Å². The van der Waals surface area contributed by atoms with Crippen LogP contribution in [0.5, 0.6) is 5.75 Å². The van der Waals surface area contributed by atoms with Gasteiger partial charge in [-0.25, -0.2) is 8.42 Å². The van der Waals surface area contributed by atoms with E-state index < -0.39 is 34.2 Å². The summed E-state index contributed by atoms with van der Waals surface area (Å²) in [5.74, 6) is -0.137. The predicted molar refractivity (Wildman–Crippen MR) is 123 cm³/mol. The monoisotopic (exact) mass is 492 g/mol. The summed E-state index contributed by atoms with van der Waals surface area (Å²) in [6.07, 6.45) is -3.53. The summed E-state index contributed by atoms with van der Waals surface area (Å²) in [4.78, 5) is 12.4. The number of nitrogens with one attached hydrogen (secondary N) is 1. The number of sulfonamides is 1.